The summed E-state index contributed by atoms with van der Waals surface area (Å²) < 4.78 is 32.8. The number of fused-ring (bicyclic) bond motifs is 3. The second-order valence-electron chi connectivity index (χ2n) is 7.78. The van der Waals surface area contributed by atoms with Gasteiger partial charge in [0, 0.05) is 29.8 Å². The Balaban J connectivity index is 0.000000617. The van der Waals surface area contributed by atoms with Crippen LogP contribution >= 0.6 is 20.7 Å². The molecule has 3 aromatic carbocycles. The average molecular weight is 576 g/mol. The quantitative estimate of drug-likeness (QED) is 0.0680. The molecule has 1 aliphatic rings. The highest BCUT2D eigenvalue weighted by molar-refractivity contribution is 7.79. The van der Waals surface area contributed by atoms with Crippen LogP contribution < -0.4 is 0 Å². The number of non-ortho nitro benzene ring substituents is 2. The molecule has 0 radical (unpaired) electrons. The van der Waals surface area contributed by atoms with Crippen molar-refractivity contribution in [3.05, 3.63) is 113 Å². The minimum Gasteiger partial charge on any atom is -0.726 e. The van der Waals surface area contributed by atoms with Crippen LogP contribution in [0.2, 0.25) is 0 Å². The van der Waals surface area contributed by atoms with Crippen molar-refractivity contribution in [1.29, 1.82) is 0 Å². The van der Waals surface area contributed by atoms with Gasteiger partial charge >= 0.3 is 10.3 Å². The molecule has 1 atom stereocenters. The van der Waals surface area contributed by atoms with E-state index in [1.807, 2.05) is 36.4 Å². The molecule has 38 heavy (non-hydrogen) atoms. The van der Waals surface area contributed by atoms with Crippen molar-refractivity contribution in [2.24, 2.45) is 0 Å². The van der Waals surface area contributed by atoms with Gasteiger partial charge in [-0.05, 0) is 34.9 Å². The molecule has 1 N–H and O–H groups in total. The molecule has 0 spiro atoms. The van der Waals surface area contributed by atoms with Crippen LogP contribution in [-0.2, 0) is 10.4 Å². The SMILES string of the molecule is O=S(=O)([O-])O.O=[N+]([O-])c1ccc2c(c1)C(c1cc(-c3ccccc3)[s+]s1)c1cc([N+](=O)[O-])cc([N+](=O)[O-])c1-2. The summed E-state index contributed by atoms with van der Waals surface area (Å²) in [5.41, 5.74) is 1.73. The summed E-state index contributed by atoms with van der Waals surface area (Å²) >= 11 is 0. The summed E-state index contributed by atoms with van der Waals surface area (Å²) in [6, 6.07) is 18.1. The van der Waals surface area contributed by atoms with E-state index in [0.29, 0.717) is 16.7 Å². The minimum absolute atomic E-state index is 0.146. The number of nitro benzene ring substituents is 3. The molecule has 13 nitrogen and oxygen atoms in total. The second kappa shape index (κ2) is 10.3. The molecule has 0 fully saturated rings. The van der Waals surface area contributed by atoms with E-state index in [1.165, 1.54) is 44.9 Å². The summed E-state index contributed by atoms with van der Waals surface area (Å²) in [6.45, 7) is 0. The van der Waals surface area contributed by atoms with Gasteiger partial charge < -0.3 is 4.55 Å². The van der Waals surface area contributed by atoms with E-state index in [2.05, 4.69) is 0 Å². The van der Waals surface area contributed by atoms with Crippen molar-refractivity contribution < 1.29 is 32.3 Å². The first-order valence-electron chi connectivity index (χ1n) is 10.3. The molecule has 4 aromatic rings. The van der Waals surface area contributed by atoms with Crippen LogP contribution in [0.15, 0.2) is 66.7 Å². The highest BCUT2D eigenvalue weighted by Crippen LogP contribution is 2.55. The van der Waals surface area contributed by atoms with Crippen LogP contribution in [0.1, 0.15) is 21.9 Å². The molecule has 5 rings (SSSR count). The van der Waals surface area contributed by atoms with Gasteiger partial charge in [-0.1, -0.05) is 18.2 Å². The number of nitrogens with zero attached hydrogens (tertiary/aromatic N) is 3. The van der Waals surface area contributed by atoms with Gasteiger partial charge in [0.1, 0.15) is 0 Å². The molecule has 1 heterocycles. The second-order valence-corrected chi connectivity index (χ2v) is 10.9. The van der Waals surface area contributed by atoms with Crippen LogP contribution in [-0.4, -0.2) is 32.3 Å². The van der Waals surface area contributed by atoms with Crippen molar-refractivity contribution in [2.75, 3.05) is 0 Å². The summed E-state index contributed by atoms with van der Waals surface area (Å²) in [7, 11) is -1.96. The summed E-state index contributed by atoms with van der Waals surface area (Å²) in [5, 5.41) is 34.8. The fourth-order valence-electron chi connectivity index (χ4n) is 4.14. The Morgan fingerprint density at radius 3 is 2.00 bits per heavy atom. The summed E-state index contributed by atoms with van der Waals surface area (Å²) in [4.78, 5) is 34.7. The van der Waals surface area contributed by atoms with Gasteiger partial charge in [-0.25, -0.2) is 8.42 Å². The van der Waals surface area contributed by atoms with Gasteiger partial charge in [0.05, 0.1) is 37.2 Å². The summed E-state index contributed by atoms with van der Waals surface area (Å²) in [5.74, 6) is -0.591. The molecular weight excluding hydrogens is 562 g/mol. The predicted octanol–water partition coefficient (Wildman–Crippen LogP) is 5.65. The number of nitro groups is 3. The number of hydrogen-bond donors (Lipinski definition) is 1. The highest BCUT2D eigenvalue weighted by Gasteiger charge is 2.40. The zero-order valence-corrected chi connectivity index (χ0v) is 21.1. The summed E-state index contributed by atoms with van der Waals surface area (Å²) in [6.07, 6.45) is 0. The molecule has 0 amide bonds. The molecular formula is C22H13N3O10S3. The topological polar surface area (TPSA) is 207 Å². The van der Waals surface area contributed by atoms with Crippen molar-refractivity contribution in [3.8, 4) is 21.6 Å². The van der Waals surface area contributed by atoms with E-state index in [0.717, 1.165) is 21.4 Å². The van der Waals surface area contributed by atoms with Gasteiger partial charge in [-0.15, -0.1) is 0 Å². The lowest BCUT2D eigenvalue weighted by Gasteiger charge is -2.09. The zero-order valence-electron chi connectivity index (χ0n) is 18.6. The lowest BCUT2D eigenvalue weighted by molar-refractivity contribution is -0.393. The van der Waals surface area contributed by atoms with E-state index in [-0.39, 0.29) is 16.9 Å². The van der Waals surface area contributed by atoms with Crippen molar-refractivity contribution in [3.63, 3.8) is 0 Å². The minimum atomic E-state index is -4.92. The lowest BCUT2D eigenvalue weighted by Crippen LogP contribution is -2.00. The van der Waals surface area contributed by atoms with Crippen LogP contribution in [0.5, 0.6) is 0 Å². The normalized spacial score (nSPS) is 13.6. The molecule has 0 bridgehead atoms. The highest BCUT2D eigenvalue weighted by atomic mass is 32.9. The van der Waals surface area contributed by atoms with Gasteiger partial charge in [0.2, 0.25) is 10.4 Å². The Labute approximate surface area is 220 Å². The maximum Gasteiger partial charge on any atom is 0.300 e. The predicted molar refractivity (Wildman–Crippen MR) is 137 cm³/mol. The van der Waals surface area contributed by atoms with Gasteiger partial charge in [-0.3, -0.25) is 34.9 Å². The molecule has 1 unspecified atom stereocenters. The largest absolute Gasteiger partial charge is 0.726 e. The molecule has 1 aliphatic carbocycles. The smallest absolute Gasteiger partial charge is 0.300 e. The maximum absolute atomic E-state index is 11.8. The van der Waals surface area contributed by atoms with Gasteiger partial charge in [0.15, 0.2) is 10.3 Å². The molecule has 0 aliphatic heterocycles. The van der Waals surface area contributed by atoms with Crippen LogP contribution in [0.4, 0.5) is 17.1 Å². The molecule has 0 saturated carbocycles. The third kappa shape index (κ3) is 5.53. The fourth-order valence-corrected chi connectivity index (χ4v) is 6.75. The fraction of sp³-hybridized carbons (Fsp3) is 0.0455. The number of benzene rings is 3. The Morgan fingerprint density at radius 2 is 1.42 bits per heavy atom. The van der Waals surface area contributed by atoms with E-state index in [9.17, 15) is 30.3 Å². The van der Waals surface area contributed by atoms with Crippen LogP contribution in [0.3, 0.4) is 0 Å². The number of rotatable bonds is 5. The first-order chi connectivity index (χ1) is 17.8. The van der Waals surface area contributed by atoms with Crippen LogP contribution in [0.25, 0.3) is 21.6 Å². The average Bonchev–Trinajstić information content (AvgIpc) is 3.45. The monoisotopic (exact) mass is 575 g/mol. The van der Waals surface area contributed by atoms with Crippen molar-refractivity contribution in [1.82, 2.24) is 0 Å². The number of hydrogen-bond acceptors (Lipinski definition) is 10. The third-order valence-electron chi connectivity index (χ3n) is 5.52. The first-order valence-corrected chi connectivity index (χ1v) is 13.8. The van der Waals surface area contributed by atoms with E-state index >= 15 is 0 Å². The van der Waals surface area contributed by atoms with Crippen LogP contribution in [0, 0.1) is 30.3 Å². The Bertz CT molecular complexity index is 1700. The first kappa shape index (κ1) is 26.8. The molecule has 194 valence electrons. The molecule has 16 heteroatoms. The van der Waals surface area contributed by atoms with Crippen molar-refractivity contribution >= 4 is 48.1 Å². The Morgan fingerprint density at radius 1 is 0.816 bits per heavy atom. The lowest BCUT2D eigenvalue weighted by atomic mass is 9.94. The van der Waals surface area contributed by atoms with Gasteiger partial charge in [-0.2, -0.15) is 0 Å². The van der Waals surface area contributed by atoms with E-state index in [1.54, 1.807) is 0 Å². The third-order valence-corrected chi connectivity index (χ3v) is 8.05. The molecule has 0 saturated heterocycles. The van der Waals surface area contributed by atoms with Crippen molar-refractivity contribution in [2.45, 2.75) is 5.92 Å². The zero-order chi connectivity index (χ0) is 27.8. The molecule has 1 aromatic heterocycles. The van der Waals surface area contributed by atoms with E-state index in [4.69, 9.17) is 17.5 Å². The van der Waals surface area contributed by atoms with E-state index < -0.39 is 36.8 Å². The maximum atomic E-state index is 11.8. The Kier molecular flexibility index (Phi) is 7.25. The standard InChI is InChI=1S/C22H12N3O6S2.H2O4S/c26-23(27)13-6-7-15-16(8-13)22(20-11-19(32-33-20)12-4-2-1-3-5-12)17-9-14(24(28)29)10-18(21(15)17)25(30)31;1-5(2,3)4/h1-11,22H;(H2,1,2,3,4)/q+1;/p-1. The Hall–Kier alpha value is -4.22. The van der Waals surface area contributed by atoms with Gasteiger partial charge in [0.25, 0.3) is 21.9 Å².